The third-order valence-electron chi connectivity index (χ3n) is 10.3. The Bertz CT molecular complexity index is 2150. The second-order valence-electron chi connectivity index (χ2n) is 15.1. The topological polar surface area (TPSA) is 158 Å². The van der Waals surface area contributed by atoms with E-state index < -0.39 is 11.7 Å². The quantitative estimate of drug-likeness (QED) is 0.0448. The molecule has 4 amide bonds. The van der Waals surface area contributed by atoms with E-state index in [1.807, 2.05) is 90.1 Å². The van der Waals surface area contributed by atoms with Gasteiger partial charge in [-0.1, -0.05) is 108 Å². The maximum absolute atomic E-state index is 15.0. The first-order valence-electron chi connectivity index (χ1n) is 23.3. The molecule has 0 atom stereocenters. The SMILES string of the molecule is CC.CC.CCC.Cc1cccc(-c2cnc(C(=O)NCCOCCNCC(=O)N3CCN(C(=O)c4cc(C/C(=N/NC=O)c5ccccc5C)ccc4F)CC3)c(N3CCOCC3)c2)c1. The minimum Gasteiger partial charge on any atom is -0.378 e. The van der Waals surface area contributed by atoms with Crippen LogP contribution in [-0.2, 0) is 25.5 Å². The molecule has 1 aromatic heterocycles. The number of hydrogen-bond donors (Lipinski definition) is 3. The van der Waals surface area contributed by atoms with E-state index in [0.717, 1.165) is 33.5 Å². The van der Waals surface area contributed by atoms with E-state index in [0.29, 0.717) is 82.5 Å². The van der Waals surface area contributed by atoms with Crippen LogP contribution in [0.25, 0.3) is 11.1 Å². The number of nitrogens with one attached hydrogen (secondary N) is 3. The summed E-state index contributed by atoms with van der Waals surface area (Å²) < 4.78 is 26.2. The van der Waals surface area contributed by atoms with Crippen molar-refractivity contribution < 1.29 is 33.0 Å². The van der Waals surface area contributed by atoms with Crippen LogP contribution in [-0.4, -0.2) is 130 Å². The van der Waals surface area contributed by atoms with Gasteiger partial charge < -0.3 is 34.8 Å². The van der Waals surface area contributed by atoms with Crippen molar-refractivity contribution in [2.45, 2.75) is 68.2 Å². The van der Waals surface area contributed by atoms with Crippen LogP contribution in [0.5, 0.6) is 0 Å². The summed E-state index contributed by atoms with van der Waals surface area (Å²) >= 11 is 0. The minimum absolute atomic E-state index is 0.0575. The Balaban J connectivity index is 0.00000156. The first-order valence-corrected chi connectivity index (χ1v) is 23.3. The lowest BCUT2D eigenvalue weighted by molar-refractivity contribution is -0.131. The molecule has 0 bridgehead atoms. The highest BCUT2D eigenvalue weighted by atomic mass is 19.1. The van der Waals surface area contributed by atoms with Gasteiger partial charge in [-0.2, -0.15) is 5.10 Å². The molecule has 66 heavy (non-hydrogen) atoms. The van der Waals surface area contributed by atoms with E-state index in [9.17, 15) is 23.6 Å². The van der Waals surface area contributed by atoms with Crippen molar-refractivity contribution in [1.29, 1.82) is 0 Å². The molecule has 3 heterocycles. The number of piperazine rings is 1. The van der Waals surface area contributed by atoms with Gasteiger partial charge in [0.1, 0.15) is 5.82 Å². The molecule has 14 nitrogen and oxygen atoms in total. The van der Waals surface area contributed by atoms with E-state index >= 15 is 0 Å². The zero-order valence-electron chi connectivity index (χ0n) is 40.3. The highest BCUT2D eigenvalue weighted by Crippen LogP contribution is 2.28. The third-order valence-corrected chi connectivity index (χ3v) is 10.3. The van der Waals surface area contributed by atoms with E-state index in [-0.39, 0.29) is 50.0 Å². The van der Waals surface area contributed by atoms with E-state index in [2.05, 4.69) is 51.0 Å². The lowest BCUT2D eigenvalue weighted by Gasteiger charge is -2.35. The average Bonchev–Trinajstić information content (AvgIpc) is 3.35. The molecule has 2 aliphatic heterocycles. The molecular formula is C51H71FN8O6. The van der Waals surface area contributed by atoms with Gasteiger partial charge in [-0.05, 0) is 48.7 Å². The first kappa shape index (κ1) is 54.3. The number of halogens is 1. The molecule has 358 valence electrons. The first-order chi connectivity index (χ1) is 32.1. The largest absolute Gasteiger partial charge is 0.378 e. The van der Waals surface area contributed by atoms with Gasteiger partial charge in [0.25, 0.3) is 11.8 Å². The van der Waals surface area contributed by atoms with Crippen LogP contribution < -0.4 is 21.0 Å². The van der Waals surface area contributed by atoms with Crippen LogP contribution in [0.4, 0.5) is 10.1 Å². The summed E-state index contributed by atoms with van der Waals surface area (Å²) in [6, 6.07) is 22.2. The van der Waals surface area contributed by atoms with Gasteiger partial charge in [0.2, 0.25) is 12.3 Å². The van der Waals surface area contributed by atoms with Gasteiger partial charge in [-0.15, -0.1) is 0 Å². The van der Waals surface area contributed by atoms with Gasteiger partial charge >= 0.3 is 0 Å². The van der Waals surface area contributed by atoms with Gasteiger partial charge in [0.05, 0.1) is 49.9 Å². The van der Waals surface area contributed by atoms with E-state index in [1.54, 1.807) is 22.1 Å². The summed E-state index contributed by atoms with van der Waals surface area (Å²) in [6.07, 6.45) is 3.73. The lowest BCUT2D eigenvalue weighted by atomic mass is 9.97. The lowest BCUT2D eigenvalue weighted by Crippen LogP contribution is -2.52. The number of hydrogen-bond acceptors (Lipinski definition) is 10. The number of aryl methyl sites for hydroxylation is 2. The predicted molar refractivity (Wildman–Crippen MR) is 262 cm³/mol. The molecule has 3 N–H and O–H groups in total. The molecule has 4 aromatic rings. The van der Waals surface area contributed by atoms with Gasteiger partial charge in [0, 0.05) is 76.1 Å². The number of carbonyl (C=O) groups excluding carboxylic acids is 4. The Kier molecular flexibility index (Phi) is 24.9. The molecular weight excluding hydrogens is 840 g/mol. The molecule has 2 fully saturated rings. The van der Waals surface area contributed by atoms with Gasteiger partial charge in [-0.25, -0.2) is 14.8 Å². The van der Waals surface area contributed by atoms with Crippen LogP contribution in [0.1, 0.15) is 91.1 Å². The molecule has 0 spiro atoms. The summed E-state index contributed by atoms with van der Waals surface area (Å²) in [7, 11) is 0. The van der Waals surface area contributed by atoms with Crippen molar-refractivity contribution >= 4 is 35.5 Å². The second kappa shape index (κ2) is 30.2. The van der Waals surface area contributed by atoms with E-state index in [4.69, 9.17) is 9.47 Å². The van der Waals surface area contributed by atoms with Gasteiger partial charge in [0.15, 0.2) is 5.69 Å². The Morgan fingerprint density at radius 3 is 2.18 bits per heavy atom. The number of rotatable bonds is 17. The summed E-state index contributed by atoms with van der Waals surface area (Å²) in [4.78, 5) is 60.6. The minimum atomic E-state index is -0.634. The van der Waals surface area contributed by atoms with Crippen molar-refractivity contribution in [3.8, 4) is 11.1 Å². The maximum Gasteiger partial charge on any atom is 0.272 e. The Morgan fingerprint density at radius 1 is 0.818 bits per heavy atom. The standard InChI is InChI=1S/C44H51FN8O6.C3H8.2C2H6/c1-31-6-5-8-34(24-31)35-27-40(51-18-22-59-23-19-51)42(48-28-35)43(56)47-13-21-58-20-12-46-29-41(55)52-14-16-53(17-15-52)44(57)37-25-33(10-11-38(37)45)26-39(50-49-30-54)36-9-4-3-7-32(36)2;1-3-2;2*1-2/h3-11,24-25,27-28,30,46H,12-23,26,29H2,1-2H3,(H,47,56)(H,49,54);3H2,1-2H3;2*1-2H3/b50-39-;;;. The molecule has 15 heteroatoms. The number of carbonyl (C=O) groups is 4. The maximum atomic E-state index is 15.0. The zero-order chi connectivity index (χ0) is 48.3. The molecule has 2 aliphatic rings. The van der Waals surface area contributed by atoms with E-state index in [1.165, 1.54) is 18.6 Å². The average molecular weight is 911 g/mol. The van der Waals surface area contributed by atoms with Crippen LogP contribution in [0.3, 0.4) is 0 Å². The molecule has 0 unspecified atom stereocenters. The van der Waals surface area contributed by atoms with Crippen molar-refractivity contribution in [1.82, 2.24) is 30.8 Å². The predicted octanol–water partition coefficient (Wildman–Crippen LogP) is 6.82. The normalized spacial score (nSPS) is 13.5. The fourth-order valence-corrected chi connectivity index (χ4v) is 7.09. The smallest absolute Gasteiger partial charge is 0.272 e. The van der Waals surface area contributed by atoms with Crippen molar-refractivity contribution in [3.63, 3.8) is 0 Å². The molecule has 3 aromatic carbocycles. The number of hydrazone groups is 1. The number of nitrogens with zero attached hydrogens (tertiary/aromatic N) is 5. The molecule has 0 radical (unpaired) electrons. The second-order valence-corrected chi connectivity index (χ2v) is 15.1. The Morgan fingerprint density at radius 2 is 1.50 bits per heavy atom. The number of benzene rings is 3. The third kappa shape index (κ3) is 16.8. The van der Waals surface area contributed by atoms with Crippen LogP contribution in [0.15, 0.2) is 84.1 Å². The highest BCUT2D eigenvalue weighted by Gasteiger charge is 2.27. The number of ether oxygens (including phenoxy) is 2. The number of pyridine rings is 1. The molecule has 0 saturated carbocycles. The molecule has 2 saturated heterocycles. The van der Waals surface area contributed by atoms with Crippen LogP contribution in [0, 0.1) is 19.7 Å². The molecule has 0 aliphatic carbocycles. The Labute approximate surface area is 391 Å². The summed E-state index contributed by atoms with van der Waals surface area (Å²) in [5.74, 6) is -1.47. The summed E-state index contributed by atoms with van der Waals surface area (Å²) in [5.41, 5.74) is 9.57. The van der Waals surface area contributed by atoms with Crippen molar-refractivity contribution in [3.05, 3.63) is 118 Å². The molecule has 6 rings (SSSR count). The Hall–Kier alpha value is -6.03. The summed E-state index contributed by atoms with van der Waals surface area (Å²) in [5, 5.41) is 10.2. The van der Waals surface area contributed by atoms with Gasteiger partial charge in [-0.3, -0.25) is 19.2 Å². The van der Waals surface area contributed by atoms with Crippen LogP contribution in [0.2, 0.25) is 0 Å². The van der Waals surface area contributed by atoms with Crippen molar-refractivity contribution in [2.24, 2.45) is 5.10 Å². The fourth-order valence-electron chi connectivity index (χ4n) is 7.09. The fraction of sp³-hybridized carbons (Fsp3) is 0.451. The summed E-state index contributed by atoms with van der Waals surface area (Å²) in [6.45, 7) is 21.3. The number of morpholine rings is 1. The number of aromatic nitrogens is 1. The zero-order valence-corrected chi connectivity index (χ0v) is 40.3. The number of anilines is 1. The monoisotopic (exact) mass is 911 g/mol. The van der Waals surface area contributed by atoms with Crippen molar-refractivity contribution in [2.75, 3.05) is 90.2 Å². The highest BCUT2D eigenvalue weighted by molar-refractivity contribution is 6.03. The van der Waals surface area contributed by atoms with Crippen LogP contribution >= 0.6 is 0 Å². The number of amides is 4.